The summed E-state index contributed by atoms with van der Waals surface area (Å²) in [7, 11) is 0. The van der Waals surface area contributed by atoms with Crippen LogP contribution in [0.15, 0.2) is 12.2 Å². The topological polar surface area (TPSA) is 49.8 Å². The molecule has 1 heterocycles. The Kier molecular flexibility index (Phi) is 3.64. The van der Waals surface area contributed by atoms with Crippen molar-refractivity contribution in [2.24, 2.45) is 11.8 Å². The summed E-state index contributed by atoms with van der Waals surface area (Å²) in [5, 5.41) is 8.90. The zero-order valence-electron chi connectivity index (χ0n) is 9.76. The number of carbonyl (C=O) groups is 1. The van der Waals surface area contributed by atoms with Crippen molar-refractivity contribution in [3.05, 3.63) is 12.2 Å². The molecule has 0 radical (unpaired) electrons. The van der Waals surface area contributed by atoms with Crippen LogP contribution in [0, 0.1) is 11.8 Å². The maximum absolute atomic E-state index is 10.8. The molecular formula is C13H20O3. The molecule has 0 aromatic rings. The van der Waals surface area contributed by atoms with Gasteiger partial charge < -0.3 is 9.84 Å². The van der Waals surface area contributed by atoms with Crippen LogP contribution in [-0.2, 0) is 9.53 Å². The lowest BCUT2D eigenvalue weighted by atomic mass is 9.76. The minimum absolute atomic E-state index is 0.303. The number of fused-ring (bicyclic) bond motifs is 1. The van der Waals surface area contributed by atoms with Gasteiger partial charge >= 0.3 is 5.97 Å². The zero-order valence-corrected chi connectivity index (χ0v) is 9.76. The Morgan fingerprint density at radius 1 is 1.44 bits per heavy atom. The van der Waals surface area contributed by atoms with E-state index in [-0.39, 0.29) is 0 Å². The SMILES string of the molecule is CC/C=C\CC1C(CC(=O)O)CCC2OC21. The summed E-state index contributed by atoms with van der Waals surface area (Å²) < 4.78 is 5.61. The van der Waals surface area contributed by atoms with Crippen molar-refractivity contribution >= 4 is 5.97 Å². The molecule has 2 rings (SSSR count). The van der Waals surface area contributed by atoms with Crippen molar-refractivity contribution in [3.63, 3.8) is 0 Å². The van der Waals surface area contributed by atoms with Gasteiger partial charge in [0.1, 0.15) is 0 Å². The predicted octanol–water partition coefficient (Wildman–Crippen LogP) is 2.61. The number of hydrogen-bond acceptors (Lipinski definition) is 2. The highest BCUT2D eigenvalue weighted by atomic mass is 16.6. The maximum atomic E-state index is 10.8. The van der Waals surface area contributed by atoms with Gasteiger partial charge in [0.2, 0.25) is 0 Å². The molecule has 0 aromatic heterocycles. The van der Waals surface area contributed by atoms with E-state index in [1.165, 1.54) is 0 Å². The van der Waals surface area contributed by atoms with Crippen molar-refractivity contribution in [1.29, 1.82) is 0 Å². The third-order valence-electron chi connectivity index (χ3n) is 3.72. The molecule has 4 atom stereocenters. The van der Waals surface area contributed by atoms with Crippen LogP contribution in [0.4, 0.5) is 0 Å². The average Bonchev–Trinajstić information content (AvgIpc) is 2.99. The van der Waals surface area contributed by atoms with Crippen molar-refractivity contribution in [2.75, 3.05) is 0 Å². The second-order valence-electron chi connectivity index (χ2n) is 4.85. The quantitative estimate of drug-likeness (QED) is 0.577. The first-order chi connectivity index (χ1) is 7.72. The van der Waals surface area contributed by atoms with Gasteiger partial charge in [0, 0.05) is 6.42 Å². The number of epoxide rings is 1. The van der Waals surface area contributed by atoms with Gasteiger partial charge in [0.25, 0.3) is 0 Å². The lowest BCUT2D eigenvalue weighted by Gasteiger charge is -2.26. The van der Waals surface area contributed by atoms with Crippen molar-refractivity contribution < 1.29 is 14.6 Å². The molecule has 2 aliphatic rings. The third kappa shape index (κ3) is 2.64. The Balaban J connectivity index is 1.92. The highest BCUT2D eigenvalue weighted by Gasteiger charge is 2.50. The Morgan fingerprint density at radius 3 is 2.94 bits per heavy atom. The number of aliphatic carboxylic acids is 1. The molecule has 0 spiro atoms. The summed E-state index contributed by atoms with van der Waals surface area (Å²) in [6, 6.07) is 0. The van der Waals surface area contributed by atoms with E-state index >= 15 is 0 Å². The number of allylic oxidation sites excluding steroid dienone is 2. The van der Waals surface area contributed by atoms with Gasteiger partial charge in [-0.25, -0.2) is 0 Å². The molecule has 1 N–H and O–H groups in total. The lowest BCUT2D eigenvalue weighted by Crippen LogP contribution is -2.28. The van der Waals surface area contributed by atoms with Gasteiger partial charge in [-0.3, -0.25) is 4.79 Å². The third-order valence-corrected chi connectivity index (χ3v) is 3.72. The summed E-state index contributed by atoms with van der Waals surface area (Å²) in [6.45, 7) is 2.11. The molecule has 16 heavy (non-hydrogen) atoms. The Labute approximate surface area is 96.5 Å². The van der Waals surface area contributed by atoms with E-state index in [1.807, 2.05) is 0 Å². The van der Waals surface area contributed by atoms with Gasteiger partial charge in [-0.2, -0.15) is 0 Å². The second kappa shape index (κ2) is 5.00. The van der Waals surface area contributed by atoms with E-state index in [4.69, 9.17) is 9.84 Å². The fraction of sp³-hybridized carbons (Fsp3) is 0.769. The molecular weight excluding hydrogens is 204 g/mol. The van der Waals surface area contributed by atoms with Crippen LogP contribution >= 0.6 is 0 Å². The van der Waals surface area contributed by atoms with Gasteiger partial charge in [0.05, 0.1) is 12.2 Å². The molecule has 4 unspecified atom stereocenters. The van der Waals surface area contributed by atoms with E-state index in [1.54, 1.807) is 0 Å². The second-order valence-corrected chi connectivity index (χ2v) is 4.85. The molecule has 0 aromatic carbocycles. The molecule has 0 bridgehead atoms. The normalized spacial score (nSPS) is 37.3. The standard InChI is InChI=1S/C13H20O3/c1-2-3-4-5-10-9(8-12(14)15)6-7-11-13(10)16-11/h3-4,9-11,13H,2,5-8H2,1H3,(H,14,15)/b4-3-. The number of rotatable bonds is 5. The summed E-state index contributed by atoms with van der Waals surface area (Å²) in [5.41, 5.74) is 0. The molecule has 0 amide bonds. The van der Waals surface area contributed by atoms with Gasteiger partial charge in [-0.05, 0) is 37.5 Å². The molecule has 1 aliphatic carbocycles. The van der Waals surface area contributed by atoms with E-state index in [0.29, 0.717) is 30.5 Å². The van der Waals surface area contributed by atoms with E-state index in [2.05, 4.69) is 19.1 Å². The molecule has 1 saturated heterocycles. The molecule has 2 fully saturated rings. The first-order valence-corrected chi connectivity index (χ1v) is 6.24. The molecule has 1 aliphatic heterocycles. The fourth-order valence-corrected chi connectivity index (χ4v) is 2.85. The van der Waals surface area contributed by atoms with E-state index < -0.39 is 5.97 Å². The molecule has 90 valence electrons. The summed E-state index contributed by atoms with van der Waals surface area (Å²) >= 11 is 0. The monoisotopic (exact) mass is 224 g/mol. The number of hydrogen-bond donors (Lipinski definition) is 1. The van der Waals surface area contributed by atoms with Crippen LogP contribution in [0.3, 0.4) is 0 Å². The maximum Gasteiger partial charge on any atom is 0.303 e. The minimum atomic E-state index is -0.673. The number of ether oxygens (including phenoxy) is 1. The first kappa shape index (κ1) is 11.6. The van der Waals surface area contributed by atoms with Crippen LogP contribution in [-0.4, -0.2) is 23.3 Å². The van der Waals surface area contributed by atoms with Crippen LogP contribution in [0.5, 0.6) is 0 Å². The van der Waals surface area contributed by atoms with Gasteiger partial charge in [-0.1, -0.05) is 19.1 Å². The van der Waals surface area contributed by atoms with Crippen LogP contribution in [0.1, 0.15) is 39.0 Å². The highest BCUT2D eigenvalue weighted by Crippen LogP contribution is 2.46. The first-order valence-electron chi connectivity index (χ1n) is 6.24. The summed E-state index contributed by atoms with van der Waals surface area (Å²) in [4.78, 5) is 10.8. The summed E-state index contributed by atoms with van der Waals surface area (Å²) in [5.74, 6) is 0.0639. The minimum Gasteiger partial charge on any atom is -0.481 e. The number of carboxylic acids is 1. The number of carboxylic acid groups (broad SMARTS) is 1. The Morgan fingerprint density at radius 2 is 2.25 bits per heavy atom. The molecule has 1 saturated carbocycles. The van der Waals surface area contributed by atoms with Gasteiger partial charge in [0.15, 0.2) is 0 Å². The smallest absolute Gasteiger partial charge is 0.303 e. The van der Waals surface area contributed by atoms with Crippen LogP contribution in [0.2, 0.25) is 0 Å². The molecule has 3 heteroatoms. The lowest BCUT2D eigenvalue weighted by molar-refractivity contribution is -0.138. The van der Waals surface area contributed by atoms with Crippen molar-refractivity contribution in [3.8, 4) is 0 Å². The molecule has 3 nitrogen and oxygen atoms in total. The zero-order chi connectivity index (χ0) is 11.5. The fourth-order valence-electron chi connectivity index (χ4n) is 2.85. The average molecular weight is 224 g/mol. The van der Waals surface area contributed by atoms with Crippen molar-refractivity contribution in [2.45, 2.75) is 51.2 Å². The van der Waals surface area contributed by atoms with E-state index in [0.717, 1.165) is 25.7 Å². The van der Waals surface area contributed by atoms with Gasteiger partial charge in [-0.15, -0.1) is 0 Å². The Hall–Kier alpha value is -0.830. The highest BCUT2D eigenvalue weighted by molar-refractivity contribution is 5.67. The van der Waals surface area contributed by atoms with Crippen LogP contribution in [0.25, 0.3) is 0 Å². The van der Waals surface area contributed by atoms with Crippen molar-refractivity contribution in [1.82, 2.24) is 0 Å². The van der Waals surface area contributed by atoms with Crippen LogP contribution < -0.4 is 0 Å². The predicted molar refractivity (Wildman–Crippen MR) is 61.2 cm³/mol. The Bertz CT molecular complexity index is 285. The summed E-state index contributed by atoms with van der Waals surface area (Å²) in [6.07, 6.45) is 9.52. The largest absolute Gasteiger partial charge is 0.481 e. The van der Waals surface area contributed by atoms with E-state index in [9.17, 15) is 4.79 Å².